The third-order valence-electron chi connectivity index (χ3n) is 13.3. The van der Waals surface area contributed by atoms with Gasteiger partial charge in [-0.2, -0.15) is 46.2 Å². The van der Waals surface area contributed by atoms with E-state index >= 15 is 0 Å². The SMILES string of the molecule is CC(=O)n1ncc2c(N)ccc(Cl)c21.CC(=O)n1ncc2c(Nc3c(-c4ncccn4)oc4cnccc34)ccc(Cl)c21.Cl.Clc1ccc(Nc2c(-c3ncccn3)oc3cnccc23)c2cn[nH]c12.O=S(=O)(Oc1c(-c2ncccn2)oc2cnccc12)C(F)(F)F. The number of hydrogen-bond donors (Lipinski definition) is 4. The minimum Gasteiger partial charge on any atom is -0.449 e. The van der Waals surface area contributed by atoms with E-state index in [-0.39, 0.29) is 46.8 Å². The molecule has 0 amide bonds. The van der Waals surface area contributed by atoms with Crippen LogP contribution in [0.25, 0.3) is 100 Å². The van der Waals surface area contributed by atoms with Gasteiger partial charge in [0, 0.05) is 114 Å². The minimum absolute atomic E-state index is 0. The van der Waals surface area contributed by atoms with E-state index in [9.17, 15) is 31.2 Å². The molecular formula is C59H39Cl4F3N18O8S. The van der Waals surface area contributed by atoms with E-state index in [2.05, 4.69) is 80.1 Å². The number of nitrogens with two attached hydrogens (primary N) is 1. The number of carbonyl (C=O) groups excluding carboxylic acids is 2. The van der Waals surface area contributed by atoms with Crippen LogP contribution in [0, 0.1) is 0 Å². The maximum Gasteiger partial charge on any atom is 0.534 e. The van der Waals surface area contributed by atoms with Crippen molar-refractivity contribution in [2.45, 2.75) is 19.4 Å². The number of hydrogen-bond acceptors (Lipinski definition) is 23. The van der Waals surface area contributed by atoms with Gasteiger partial charge < -0.3 is 33.8 Å². The van der Waals surface area contributed by atoms with Crippen LogP contribution in [0.4, 0.5) is 41.6 Å². The molecule has 93 heavy (non-hydrogen) atoms. The molecule has 34 heteroatoms. The summed E-state index contributed by atoms with van der Waals surface area (Å²) < 4.78 is 84.4. The smallest absolute Gasteiger partial charge is 0.449 e. The standard InChI is InChI=1S/C20H13ClN6O2.C18H11ClN6O.C12H6F3N3O4S.C9H8ClN3O.ClH/c1-11(28)27-18-13(9-25-27)15(4-3-14(18)21)26-17-12-5-8-22-10-16(12)29-19(17)20-23-6-2-7-24-20;19-12-2-3-13(11-8-23-25-15(11)12)24-16-10-4-7-20-9-14(10)26-17(16)18-21-5-1-6-22-18;13-12(14,15)23(19,20)22-9-7-2-5-16-6-8(7)21-10(9)11-17-3-1-4-18-11;1-5(14)13-9-6(4-12-13)8(11)3-2-7(9)10;/h2-10,26H,1H3;1-9,24H,(H,23,25);1-6H;2-4H,11H2,1H3;1H. The molecule has 0 aliphatic carbocycles. The van der Waals surface area contributed by atoms with Crippen molar-refractivity contribution in [3.05, 3.63) is 181 Å². The number of nitrogen functional groups attached to an aromatic ring is 1. The van der Waals surface area contributed by atoms with Crippen LogP contribution in [-0.2, 0) is 10.1 Å². The van der Waals surface area contributed by atoms with Crippen molar-refractivity contribution in [1.29, 1.82) is 0 Å². The predicted octanol–water partition coefficient (Wildman–Crippen LogP) is 14.1. The number of fused-ring (bicyclic) bond motifs is 6. The molecule has 12 heterocycles. The van der Waals surface area contributed by atoms with Crippen LogP contribution < -0.4 is 20.6 Å². The van der Waals surface area contributed by atoms with Crippen molar-refractivity contribution in [3.8, 4) is 40.5 Å². The Hall–Kier alpha value is -11.2. The Morgan fingerprint density at radius 1 is 0.538 bits per heavy atom. The first-order valence-corrected chi connectivity index (χ1v) is 29.1. The molecule has 0 saturated carbocycles. The third-order valence-corrected chi connectivity index (χ3v) is 15.2. The molecule has 0 saturated heterocycles. The molecule has 0 fully saturated rings. The molecule has 468 valence electrons. The van der Waals surface area contributed by atoms with Crippen LogP contribution in [0.15, 0.2) is 179 Å². The van der Waals surface area contributed by atoms with Gasteiger partial charge in [0.25, 0.3) is 0 Å². The summed E-state index contributed by atoms with van der Waals surface area (Å²) in [6.07, 6.45) is 23.3. The maximum absolute atomic E-state index is 12.6. The molecule has 5 N–H and O–H groups in total. The van der Waals surface area contributed by atoms with Crippen LogP contribution in [-0.4, -0.2) is 100 Å². The topological polar surface area (TPSA) is 347 Å². The van der Waals surface area contributed by atoms with Crippen LogP contribution >= 0.6 is 47.2 Å². The lowest BCUT2D eigenvalue weighted by Crippen LogP contribution is -2.28. The van der Waals surface area contributed by atoms with Crippen molar-refractivity contribution in [3.63, 3.8) is 0 Å². The van der Waals surface area contributed by atoms with E-state index in [1.165, 1.54) is 66.3 Å². The number of carbonyl (C=O) groups is 2. The lowest BCUT2D eigenvalue weighted by atomic mass is 10.2. The van der Waals surface area contributed by atoms with E-state index in [0.29, 0.717) is 88.3 Å². The molecule has 0 bridgehead atoms. The minimum atomic E-state index is -5.88. The number of rotatable bonds is 9. The zero-order valence-electron chi connectivity index (χ0n) is 47.3. The number of alkyl halides is 3. The molecule has 3 aromatic carbocycles. The second-order valence-electron chi connectivity index (χ2n) is 19.1. The normalized spacial score (nSPS) is 11.4. The number of H-pyrrole nitrogens is 1. The highest BCUT2D eigenvalue weighted by atomic mass is 35.5. The summed E-state index contributed by atoms with van der Waals surface area (Å²) in [4.78, 5) is 59.9. The number of furan rings is 3. The summed E-state index contributed by atoms with van der Waals surface area (Å²) in [5.41, 5.74) is 6.86. The van der Waals surface area contributed by atoms with Gasteiger partial charge in [-0.05, 0) is 72.8 Å². The quantitative estimate of drug-likeness (QED) is 0.0592. The summed E-state index contributed by atoms with van der Waals surface area (Å²) >= 11 is 18.5. The highest BCUT2D eigenvalue weighted by Crippen LogP contribution is 2.44. The highest BCUT2D eigenvalue weighted by Gasteiger charge is 2.49. The van der Waals surface area contributed by atoms with Gasteiger partial charge in [0.1, 0.15) is 0 Å². The molecule has 0 atom stereocenters. The monoisotopic (exact) mass is 1360 g/mol. The first-order chi connectivity index (χ1) is 44.3. The highest BCUT2D eigenvalue weighted by molar-refractivity contribution is 7.88. The van der Waals surface area contributed by atoms with Crippen molar-refractivity contribution < 1.29 is 48.6 Å². The molecule has 0 unspecified atom stereocenters. The number of pyridine rings is 3. The number of aromatic nitrogens is 15. The van der Waals surface area contributed by atoms with E-state index in [0.717, 1.165) is 33.1 Å². The lowest BCUT2D eigenvalue weighted by Gasteiger charge is -2.09. The van der Waals surface area contributed by atoms with Crippen molar-refractivity contribution in [2.24, 2.45) is 0 Å². The van der Waals surface area contributed by atoms with Gasteiger partial charge >= 0.3 is 15.6 Å². The molecule has 15 aromatic rings. The van der Waals surface area contributed by atoms with E-state index in [1.807, 2.05) is 30.3 Å². The summed E-state index contributed by atoms with van der Waals surface area (Å²) in [7, 11) is -5.88. The predicted molar refractivity (Wildman–Crippen MR) is 342 cm³/mol. The second kappa shape index (κ2) is 26.3. The molecule has 12 aromatic heterocycles. The Labute approximate surface area is 540 Å². The number of aromatic amines is 1. The largest absolute Gasteiger partial charge is 0.534 e. The van der Waals surface area contributed by atoms with E-state index in [4.69, 9.17) is 53.8 Å². The summed E-state index contributed by atoms with van der Waals surface area (Å²) in [6, 6.07) is 20.6. The van der Waals surface area contributed by atoms with Gasteiger partial charge in [-0.25, -0.2) is 29.9 Å². The molecule has 26 nitrogen and oxygen atoms in total. The van der Waals surface area contributed by atoms with Gasteiger partial charge in [-0.1, -0.05) is 34.8 Å². The molecule has 0 aliphatic heterocycles. The fourth-order valence-electron chi connectivity index (χ4n) is 9.22. The number of nitrogens with zero attached hydrogens (tertiary/aromatic N) is 14. The molecule has 0 aliphatic rings. The van der Waals surface area contributed by atoms with E-state index in [1.54, 1.807) is 92.3 Å². The zero-order valence-corrected chi connectivity index (χ0v) is 51.2. The van der Waals surface area contributed by atoms with Crippen molar-refractivity contribution >= 4 is 163 Å². The third kappa shape index (κ3) is 12.7. The van der Waals surface area contributed by atoms with E-state index < -0.39 is 21.4 Å². The summed E-state index contributed by atoms with van der Waals surface area (Å²) in [5.74, 6) is 0.420. The number of benzene rings is 3. The fourth-order valence-corrected chi connectivity index (χ4v) is 10.4. The van der Waals surface area contributed by atoms with Crippen LogP contribution in [0.3, 0.4) is 0 Å². The Bertz CT molecular complexity index is 5390. The maximum atomic E-state index is 12.6. The van der Waals surface area contributed by atoms with Gasteiger partial charge in [0.2, 0.25) is 17.6 Å². The van der Waals surface area contributed by atoms with Crippen molar-refractivity contribution in [1.82, 2.24) is 74.6 Å². The van der Waals surface area contributed by atoms with Crippen molar-refractivity contribution in [2.75, 3.05) is 16.4 Å². The van der Waals surface area contributed by atoms with Crippen LogP contribution in [0.1, 0.15) is 23.4 Å². The van der Waals surface area contributed by atoms with Gasteiger partial charge in [0.05, 0.1) is 85.6 Å². The second-order valence-corrected chi connectivity index (χ2v) is 21.9. The number of nitrogens with one attached hydrogen (secondary N) is 3. The summed E-state index contributed by atoms with van der Waals surface area (Å²) in [5, 5.41) is 27.4. The molecular weight excluding hydrogens is 1320 g/mol. The Balaban J connectivity index is 0.000000130. The zero-order chi connectivity index (χ0) is 64.4. The molecule has 0 radical (unpaired) electrons. The fraction of sp³-hybridized carbons (Fsp3) is 0.0508. The molecule has 15 rings (SSSR count). The Morgan fingerprint density at radius 3 is 1.45 bits per heavy atom. The van der Waals surface area contributed by atoms with Crippen LogP contribution in [0.2, 0.25) is 15.1 Å². The lowest BCUT2D eigenvalue weighted by molar-refractivity contribution is -0.0499. The Kier molecular flexibility index (Phi) is 18.0. The summed E-state index contributed by atoms with van der Waals surface area (Å²) in [6.45, 7) is 2.86. The first-order valence-electron chi connectivity index (χ1n) is 26.5. The average Bonchev–Trinajstić information content (AvgIpc) is 1.69. The van der Waals surface area contributed by atoms with Gasteiger partial charge in [0.15, 0.2) is 51.5 Å². The van der Waals surface area contributed by atoms with Gasteiger partial charge in [-0.3, -0.25) is 29.6 Å². The average molecular weight is 1360 g/mol. The number of halogens is 7. The number of anilines is 5. The first kappa shape index (κ1) is 63.4. The molecule has 0 spiro atoms. The van der Waals surface area contributed by atoms with Crippen LogP contribution in [0.5, 0.6) is 5.75 Å². The van der Waals surface area contributed by atoms with Gasteiger partial charge in [-0.15, -0.1) is 12.4 Å². The Morgan fingerprint density at radius 2 is 0.957 bits per heavy atom.